The Labute approximate surface area is 111 Å². The van der Waals surface area contributed by atoms with Crippen molar-refractivity contribution < 1.29 is 4.79 Å². The van der Waals surface area contributed by atoms with Crippen LogP contribution in [0.3, 0.4) is 0 Å². The summed E-state index contributed by atoms with van der Waals surface area (Å²) in [4.78, 5) is 24.1. The number of aromatic nitrogens is 1. The highest BCUT2D eigenvalue weighted by Gasteiger charge is 2.23. The highest BCUT2D eigenvalue weighted by molar-refractivity contribution is 5.82. The van der Waals surface area contributed by atoms with E-state index >= 15 is 0 Å². The number of carbonyl (C=O) groups excluding carboxylic acids is 1. The van der Waals surface area contributed by atoms with Crippen LogP contribution in [0.4, 0.5) is 0 Å². The number of para-hydroxylation sites is 1. The van der Waals surface area contributed by atoms with Crippen LogP contribution >= 0.6 is 0 Å². The van der Waals surface area contributed by atoms with E-state index < -0.39 is 0 Å². The van der Waals surface area contributed by atoms with Gasteiger partial charge < -0.3 is 5.32 Å². The lowest BCUT2D eigenvalue weighted by Gasteiger charge is -2.11. The van der Waals surface area contributed by atoms with E-state index in [1.807, 2.05) is 30.3 Å². The molecule has 3 rings (SSSR count). The molecule has 4 nitrogen and oxygen atoms in total. The smallest absolute Gasteiger partial charge is 0.254 e. The number of fused-ring (bicyclic) bond motifs is 1. The van der Waals surface area contributed by atoms with Crippen molar-refractivity contribution in [1.29, 1.82) is 0 Å². The molecule has 1 aromatic heterocycles. The normalized spacial score (nSPS) is 14.6. The third-order valence-corrected chi connectivity index (χ3v) is 3.43. The van der Waals surface area contributed by atoms with E-state index in [0.29, 0.717) is 11.6 Å². The standard InChI is InChI=1S/C15H16N2O2/c1-10-8-11-4-2-3-5-13(11)17(15(10)19)9-14(18)16-12-6-7-12/h2-5,8,12H,6-7,9H2,1H3,(H,16,18). The molecule has 1 saturated carbocycles. The third-order valence-electron chi connectivity index (χ3n) is 3.43. The molecule has 19 heavy (non-hydrogen) atoms. The van der Waals surface area contributed by atoms with Crippen LogP contribution in [-0.2, 0) is 11.3 Å². The number of pyridine rings is 1. The summed E-state index contributed by atoms with van der Waals surface area (Å²) >= 11 is 0. The number of benzene rings is 1. The van der Waals surface area contributed by atoms with E-state index in [1.54, 1.807) is 11.5 Å². The van der Waals surface area contributed by atoms with Gasteiger partial charge in [0.25, 0.3) is 5.56 Å². The molecule has 0 atom stereocenters. The molecule has 4 heteroatoms. The summed E-state index contributed by atoms with van der Waals surface area (Å²) in [5.74, 6) is -0.0830. The monoisotopic (exact) mass is 256 g/mol. The molecule has 1 N–H and O–H groups in total. The van der Waals surface area contributed by atoms with Crippen LogP contribution < -0.4 is 10.9 Å². The van der Waals surface area contributed by atoms with Crippen molar-refractivity contribution in [3.8, 4) is 0 Å². The van der Waals surface area contributed by atoms with Gasteiger partial charge in [-0.2, -0.15) is 0 Å². The van der Waals surface area contributed by atoms with Crippen molar-refractivity contribution in [3.05, 3.63) is 46.2 Å². The second-order valence-corrected chi connectivity index (χ2v) is 5.12. The molecule has 1 aliphatic rings. The first-order valence-corrected chi connectivity index (χ1v) is 6.54. The number of rotatable bonds is 3. The van der Waals surface area contributed by atoms with E-state index in [4.69, 9.17) is 0 Å². The van der Waals surface area contributed by atoms with E-state index in [1.165, 1.54) is 0 Å². The lowest BCUT2D eigenvalue weighted by atomic mass is 10.1. The number of hydrogen-bond donors (Lipinski definition) is 1. The Kier molecular flexibility index (Phi) is 2.85. The number of nitrogens with zero attached hydrogens (tertiary/aromatic N) is 1. The van der Waals surface area contributed by atoms with Gasteiger partial charge in [0.1, 0.15) is 6.54 Å². The number of aryl methyl sites for hydroxylation is 1. The quantitative estimate of drug-likeness (QED) is 0.906. The highest BCUT2D eigenvalue weighted by Crippen LogP contribution is 2.18. The predicted molar refractivity (Wildman–Crippen MR) is 74.1 cm³/mol. The zero-order chi connectivity index (χ0) is 13.4. The van der Waals surface area contributed by atoms with E-state index in [9.17, 15) is 9.59 Å². The molecule has 0 bridgehead atoms. The lowest BCUT2D eigenvalue weighted by molar-refractivity contribution is -0.121. The summed E-state index contributed by atoms with van der Waals surface area (Å²) in [5, 5.41) is 3.90. The molecule has 1 amide bonds. The fourth-order valence-corrected chi connectivity index (χ4v) is 2.27. The maximum atomic E-state index is 12.2. The van der Waals surface area contributed by atoms with Gasteiger partial charge in [0.2, 0.25) is 5.91 Å². The second kappa shape index (κ2) is 4.53. The summed E-state index contributed by atoms with van der Waals surface area (Å²) in [7, 11) is 0. The average molecular weight is 256 g/mol. The summed E-state index contributed by atoms with van der Waals surface area (Å²) in [6.45, 7) is 1.88. The molecule has 1 aromatic carbocycles. The van der Waals surface area contributed by atoms with E-state index in [-0.39, 0.29) is 18.0 Å². The molecule has 1 aliphatic carbocycles. The Morgan fingerprint density at radius 2 is 2.11 bits per heavy atom. The van der Waals surface area contributed by atoms with Gasteiger partial charge in [-0.05, 0) is 37.3 Å². The van der Waals surface area contributed by atoms with Gasteiger partial charge in [0.15, 0.2) is 0 Å². The predicted octanol–water partition coefficient (Wildman–Crippen LogP) is 1.59. The Bertz CT molecular complexity index is 699. The van der Waals surface area contributed by atoms with Gasteiger partial charge in [-0.1, -0.05) is 18.2 Å². The van der Waals surface area contributed by atoms with Crippen molar-refractivity contribution in [2.24, 2.45) is 0 Å². The van der Waals surface area contributed by atoms with Crippen molar-refractivity contribution in [2.75, 3.05) is 0 Å². The van der Waals surface area contributed by atoms with Gasteiger partial charge in [-0.25, -0.2) is 0 Å². The average Bonchev–Trinajstić information content (AvgIpc) is 3.19. The molecule has 0 unspecified atom stereocenters. The van der Waals surface area contributed by atoms with Crippen molar-refractivity contribution in [1.82, 2.24) is 9.88 Å². The maximum absolute atomic E-state index is 12.2. The van der Waals surface area contributed by atoms with Crippen molar-refractivity contribution in [2.45, 2.75) is 32.4 Å². The summed E-state index contributed by atoms with van der Waals surface area (Å²) in [6.07, 6.45) is 2.10. The summed E-state index contributed by atoms with van der Waals surface area (Å²) < 4.78 is 1.56. The van der Waals surface area contributed by atoms with Crippen LogP contribution in [0.15, 0.2) is 35.1 Å². The molecule has 0 saturated heterocycles. The second-order valence-electron chi connectivity index (χ2n) is 5.12. The fraction of sp³-hybridized carbons (Fsp3) is 0.333. The number of nitrogens with one attached hydrogen (secondary N) is 1. The lowest BCUT2D eigenvalue weighted by Crippen LogP contribution is -2.34. The Morgan fingerprint density at radius 3 is 2.84 bits per heavy atom. The molecular formula is C15H16N2O2. The maximum Gasteiger partial charge on any atom is 0.254 e. The van der Waals surface area contributed by atoms with Crippen LogP contribution in [0, 0.1) is 6.92 Å². The molecule has 2 aromatic rings. The SMILES string of the molecule is Cc1cc2ccccc2n(CC(=O)NC2CC2)c1=O. The van der Waals surface area contributed by atoms with Gasteiger partial charge >= 0.3 is 0 Å². The largest absolute Gasteiger partial charge is 0.352 e. The molecule has 98 valence electrons. The zero-order valence-electron chi connectivity index (χ0n) is 10.8. The van der Waals surface area contributed by atoms with Gasteiger partial charge in [0.05, 0.1) is 5.52 Å². The van der Waals surface area contributed by atoms with Crippen LogP contribution in [0.1, 0.15) is 18.4 Å². The van der Waals surface area contributed by atoms with Crippen LogP contribution in [-0.4, -0.2) is 16.5 Å². The minimum absolute atomic E-state index is 0.0830. The van der Waals surface area contributed by atoms with Crippen molar-refractivity contribution in [3.63, 3.8) is 0 Å². The van der Waals surface area contributed by atoms with E-state index in [0.717, 1.165) is 23.7 Å². The molecular weight excluding hydrogens is 240 g/mol. The number of amides is 1. The first-order valence-electron chi connectivity index (χ1n) is 6.54. The topological polar surface area (TPSA) is 51.1 Å². The molecule has 1 fully saturated rings. The van der Waals surface area contributed by atoms with Gasteiger partial charge in [-0.15, -0.1) is 0 Å². The molecule has 1 heterocycles. The van der Waals surface area contributed by atoms with Crippen molar-refractivity contribution >= 4 is 16.8 Å². The molecule has 0 spiro atoms. The summed E-state index contributed by atoms with van der Waals surface area (Å²) in [6, 6.07) is 9.83. The zero-order valence-corrected chi connectivity index (χ0v) is 10.8. The number of carbonyl (C=O) groups is 1. The first kappa shape index (κ1) is 12.0. The van der Waals surface area contributed by atoms with Crippen LogP contribution in [0.5, 0.6) is 0 Å². The fourth-order valence-electron chi connectivity index (χ4n) is 2.27. The van der Waals surface area contributed by atoms with Crippen LogP contribution in [0.2, 0.25) is 0 Å². The highest BCUT2D eigenvalue weighted by atomic mass is 16.2. The van der Waals surface area contributed by atoms with Gasteiger partial charge in [-0.3, -0.25) is 14.2 Å². The van der Waals surface area contributed by atoms with E-state index in [2.05, 4.69) is 5.32 Å². The Morgan fingerprint density at radius 1 is 1.37 bits per heavy atom. The van der Waals surface area contributed by atoms with Gasteiger partial charge in [0, 0.05) is 11.6 Å². The summed E-state index contributed by atoms with van der Waals surface area (Å²) in [5.41, 5.74) is 1.38. The molecule has 0 radical (unpaired) electrons. The minimum atomic E-state index is -0.0929. The third kappa shape index (κ3) is 2.38. The first-order chi connectivity index (χ1) is 9.15. The molecule has 0 aliphatic heterocycles. The Balaban J connectivity index is 2.02. The minimum Gasteiger partial charge on any atom is -0.352 e. The van der Waals surface area contributed by atoms with Crippen LogP contribution in [0.25, 0.3) is 10.9 Å². The Hall–Kier alpha value is -2.10. The number of hydrogen-bond acceptors (Lipinski definition) is 2.